The number of ether oxygens (including phenoxy) is 2. The highest BCUT2D eigenvalue weighted by atomic mass is 16.5. The van der Waals surface area contributed by atoms with Crippen LogP contribution in [0.15, 0.2) is 24.3 Å². The summed E-state index contributed by atoms with van der Waals surface area (Å²) in [5.74, 6) is 0.919. The SMILES string of the molecule is CCCOc1ccc(C(N)CN2CCOCC2C)cc1. The van der Waals surface area contributed by atoms with Crippen LogP contribution in [0.1, 0.15) is 31.9 Å². The van der Waals surface area contributed by atoms with E-state index in [9.17, 15) is 0 Å². The Morgan fingerprint density at radius 2 is 2.15 bits per heavy atom. The van der Waals surface area contributed by atoms with Gasteiger partial charge in [0.15, 0.2) is 0 Å². The van der Waals surface area contributed by atoms with Crippen molar-refractivity contribution in [2.45, 2.75) is 32.4 Å². The first-order chi connectivity index (χ1) is 9.70. The zero-order chi connectivity index (χ0) is 14.4. The monoisotopic (exact) mass is 278 g/mol. The van der Waals surface area contributed by atoms with E-state index in [-0.39, 0.29) is 6.04 Å². The second kappa shape index (κ2) is 7.62. The van der Waals surface area contributed by atoms with E-state index in [2.05, 4.69) is 30.9 Å². The van der Waals surface area contributed by atoms with E-state index in [1.165, 1.54) is 0 Å². The third kappa shape index (κ3) is 4.20. The van der Waals surface area contributed by atoms with E-state index in [0.29, 0.717) is 6.04 Å². The van der Waals surface area contributed by atoms with Gasteiger partial charge in [0.25, 0.3) is 0 Å². The average molecular weight is 278 g/mol. The lowest BCUT2D eigenvalue weighted by Gasteiger charge is -2.35. The van der Waals surface area contributed by atoms with E-state index in [1.54, 1.807) is 0 Å². The summed E-state index contributed by atoms with van der Waals surface area (Å²) in [6, 6.07) is 8.64. The standard InChI is InChI=1S/C16H26N2O2/c1-3-9-20-15-6-4-14(5-7-15)16(17)11-18-8-10-19-12-13(18)2/h4-7,13,16H,3,8-12,17H2,1-2H3. The van der Waals surface area contributed by atoms with Gasteiger partial charge in [-0.1, -0.05) is 19.1 Å². The van der Waals surface area contributed by atoms with Gasteiger partial charge in [-0.25, -0.2) is 0 Å². The zero-order valence-electron chi connectivity index (χ0n) is 12.5. The summed E-state index contributed by atoms with van der Waals surface area (Å²) < 4.78 is 11.0. The maximum absolute atomic E-state index is 6.31. The predicted octanol–water partition coefficient (Wildman–Crippen LogP) is 2.20. The highest BCUT2D eigenvalue weighted by molar-refractivity contribution is 5.29. The average Bonchev–Trinajstić information content (AvgIpc) is 2.48. The van der Waals surface area contributed by atoms with Crippen molar-refractivity contribution in [3.63, 3.8) is 0 Å². The summed E-state index contributed by atoms with van der Waals surface area (Å²) in [5.41, 5.74) is 7.47. The van der Waals surface area contributed by atoms with Crippen molar-refractivity contribution in [2.24, 2.45) is 5.73 Å². The molecule has 2 atom stereocenters. The molecule has 1 aliphatic heterocycles. The molecule has 2 rings (SSSR count). The van der Waals surface area contributed by atoms with Gasteiger partial charge in [0.2, 0.25) is 0 Å². The summed E-state index contributed by atoms with van der Waals surface area (Å²) in [4.78, 5) is 2.40. The van der Waals surface area contributed by atoms with E-state index in [4.69, 9.17) is 15.2 Å². The van der Waals surface area contributed by atoms with Crippen LogP contribution in [0, 0.1) is 0 Å². The second-order valence-corrected chi connectivity index (χ2v) is 5.44. The van der Waals surface area contributed by atoms with Gasteiger partial charge in [-0.05, 0) is 31.0 Å². The van der Waals surface area contributed by atoms with Crippen molar-refractivity contribution in [2.75, 3.05) is 32.9 Å². The molecule has 2 N–H and O–H groups in total. The minimum Gasteiger partial charge on any atom is -0.494 e. The second-order valence-electron chi connectivity index (χ2n) is 5.44. The van der Waals surface area contributed by atoms with Crippen LogP contribution in [0.4, 0.5) is 0 Å². The molecule has 0 bridgehead atoms. The summed E-state index contributed by atoms with van der Waals surface area (Å²) in [6.07, 6.45) is 1.02. The fourth-order valence-electron chi connectivity index (χ4n) is 2.42. The Balaban J connectivity index is 1.89. The molecule has 4 heteroatoms. The molecule has 1 aromatic rings. The lowest BCUT2D eigenvalue weighted by molar-refractivity contribution is -0.00281. The van der Waals surface area contributed by atoms with Crippen molar-refractivity contribution >= 4 is 0 Å². The molecule has 0 saturated carbocycles. The number of morpholine rings is 1. The van der Waals surface area contributed by atoms with E-state index in [0.717, 1.165) is 50.6 Å². The first-order valence-electron chi connectivity index (χ1n) is 7.51. The first-order valence-corrected chi connectivity index (χ1v) is 7.51. The maximum Gasteiger partial charge on any atom is 0.119 e. The molecule has 0 spiro atoms. The number of hydrogen-bond acceptors (Lipinski definition) is 4. The molecule has 1 heterocycles. The smallest absolute Gasteiger partial charge is 0.119 e. The number of benzene rings is 1. The van der Waals surface area contributed by atoms with Crippen molar-refractivity contribution < 1.29 is 9.47 Å². The molecule has 0 amide bonds. The van der Waals surface area contributed by atoms with Crippen molar-refractivity contribution in [3.8, 4) is 5.75 Å². The van der Waals surface area contributed by atoms with Crippen LogP contribution >= 0.6 is 0 Å². The quantitative estimate of drug-likeness (QED) is 0.866. The summed E-state index contributed by atoms with van der Waals surface area (Å²) in [6.45, 7) is 8.50. The Labute approximate surface area is 121 Å². The third-order valence-corrected chi connectivity index (χ3v) is 3.72. The Morgan fingerprint density at radius 3 is 2.80 bits per heavy atom. The minimum absolute atomic E-state index is 0.0378. The van der Waals surface area contributed by atoms with Crippen LogP contribution in [0.5, 0.6) is 5.75 Å². The van der Waals surface area contributed by atoms with Gasteiger partial charge in [-0.15, -0.1) is 0 Å². The molecule has 2 unspecified atom stereocenters. The molecule has 0 radical (unpaired) electrons. The van der Waals surface area contributed by atoms with E-state index < -0.39 is 0 Å². The lowest BCUT2D eigenvalue weighted by atomic mass is 10.1. The molecule has 0 aromatic heterocycles. The summed E-state index contributed by atoms with van der Waals surface area (Å²) in [5, 5.41) is 0. The van der Waals surface area contributed by atoms with Gasteiger partial charge in [0.1, 0.15) is 5.75 Å². The Hall–Kier alpha value is -1.10. The topological polar surface area (TPSA) is 47.7 Å². The molecule has 1 saturated heterocycles. The zero-order valence-corrected chi connectivity index (χ0v) is 12.5. The predicted molar refractivity (Wildman–Crippen MR) is 81.0 cm³/mol. The van der Waals surface area contributed by atoms with Crippen LogP contribution in [-0.2, 0) is 4.74 Å². The van der Waals surface area contributed by atoms with Crippen molar-refractivity contribution in [1.29, 1.82) is 0 Å². The van der Waals surface area contributed by atoms with Crippen LogP contribution in [0.2, 0.25) is 0 Å². The van der Waals surface area contributed by atoms with Gasteiger partial charge in [0.05, 0.1) is 19.8 Å². The summed E-state index contributed by atoms with van der Waals surface area (Å²) in [7, 11) is 0. The van der Waals surface area contributed by atoms with Crippen LogP contribution < -0.4 is 10.5 Å². The van der Waals surface area contributed by atoms with Crippen molar-refractivity contribution in [1.82, 2.24) is 4.90 Å². The van der Waals surface area contributed by atoms with Gasteiger partial charge in [0, 0.05) is 25.2 Å². The number of rotatable bonds is 6. The van der Waals surface area contributed by atoms with Crippen LogP contribution in [0.25, 0.3) is 0 Å². The number of nitrogens with two attached hydrogens (primary N) is 1. The van der Waals surface area contributed by atoms with Crippen molar-refractivity contribution in [3.05, 3.63) is 29.8 Å². The molecule has 112 valence electrons. The van der Waals surface area contributed by atoms with Crippen LogP contribution in [-0.4, -0.2) is 43.9 Å². The normalized spacial score (nSPS) is 21.6. The minimum atomic E-state index is 0.0378. The maximum atomic E-state index is 6.31. The summed E-state index contributed by atoms with van der Waals surface area (Å²) >= 11 is 0. The Kier molecular flexibility index (Phi) is 5.83. The molecular formula is C16H26N2O2. The molecule has 1 fully saturated rings. The fraction of sp³-hybridized carbons (Fsp3) is 0.625. The largest absolute Gasteiger partial charge is 0.494 e. The van der Waals surface area contributed by atoms with Crippen LogP contribution in [0.3, 0.4) is 0 Å². The highest BCUT2D eigenvalue weighted by Gasteiger charge is 2.21. The van der Waals surface area contributed by atoms with Gasteiger partial charge in [-0.2, -0.15) is 0 Å². The first kappa shape index (κ1) is 15.3. The highest BCUT2D eigenvalue weighted by Crippen LogP contribution is 2.19. The Morgan fingerprint density at radius 1 is 1.40 bits per heavy atom. The molecule has 4 nitrogen and oxygen atoms in total. The van der Waals surface area contributed by atoms with E-state index in [1.807, 2.05) is 12.1 Å². The van der Waals surface area contributed by atoms with Gasteiger partial charge in [-0.3, -0.25) is 4.90 Å². The molecule has 1 aliphatic rings. The third-order valence-electron chi connectivity index (χ3n) is 3.72. The molecular weight excluding hydrogens is 252 g/mol. The molecule has 20 heavy (non-hydrogen) atoms. The molecule has 1 aromatic carbocycles. The Bertz CT molecular complexity index is 394. The molecule has 0 aliphatic carbocycles. The number of nitrogens with zero attached hydrogens (tertiary/aromatic N) is 1. The number of hydrogen-bond donors (Lipinski definition) is 1. The van der Waals surface area contributed by atoms with E-state index >= 15 is 0 Å². The van der Waals surface area contributed by atoms with Gasteiger partial charge < -0.3 is 15.2 Å². The fourth-order valence-corrected chi connectivity index (χ4v) is 2.42. The van der Waals surface area contributed by atoms with Gasteiger partial charge >= 0.3 is 0 Å². The lowest BCUT2D eigenvalue weighted by Crippen LogP contribution is -2.46.